The number of guanidine groups is 1. The number of aromatic nitrogens is 3. The minimum absolute atomic E-state index is 0.597. The second kappa shape index (κ2) is 9.51. The number of nitrogens with zero attached hydrogens (tertiary/aromatic N) is 4. The highest BCUT2D eigenvalue weighted by Crippen LogP contribution is 2.24. The van der Waals surface area contributed by atoms with Crippen LogP contribution < -0.4 is 20.1 Å². The van der Waals surface area contributed by atoms with Gasteiger partial charge in [0.2, 0.25) is 0 Å². The predicted octanol–water partition coefficient (Wildman–Crippen LogP) is 1.22. The second-order valence-corrected chi connectivity index (χ2v) is 5.32. The molecule has 0 amide bonds. The molecule has 0 saturated carbocycles. The van der Waals surface area contributed by atoms with Gasteiger partial charge in [0, 0.05) is 44.7 Å². The minimum atomic E-state index is 0.597. The topological polar surface area (TPSA) is 85.6 Å². The predicted molar refractivity (Wildman–Crippen MR) is 97.1 cm³/mol. The number of aliphatic imine (C=N–C) groups is 1. The van der Waals surface area contributed by atoms with Crippen LogP contribution >= 0.6 is 0 Å². The first-order valence-corrected chi connectivity index (χ1v) is 8.23. The molecule has 8 heteroatoms. The molecule has 1 aromatic heterocycles. The average molecular weight is 346 g/mol. The van der Waals surface area contributed by atoms with Crippen LogP contribution in [0.5, 0.6) is 11.5 Å². The lowest BCUT2D eigenvalue weighted by Gasteiger charge is -2.15. The Balaban J connectivity index is 1.86. The number of benzene rings is 1. The summed E-state index contributed by atoms with van der Waals surface area (Å²) < 4.78 is 12.7. The molecule has 0 aliphatic heterocycles. The van der Waals surface area contributed by atoms with Crippen molar-refractivity contribution in [2.45, 2.75) is 26.4 Å². The normalized spacial score (nSPS) is 11.3. The fourth-order valence-electron chi connectivity index (χ4n) is 2.43. The molecule has 1 heterocycles. The van der Waals surface area contributed by atoms with Crippen LogP contribution in [0.4, 0.5) is 0 Å². The van der Waals surface area contributed by atoms with Crippen molar-refractivity contribution in [1.82, 2.24) is 25.4 Å². The van der Waals surface area contributed by atoms with E-state index >= 15 is 0 Å². The van der Waals surface area contributed by atoms with Gasteiger partial charge in [-0.3, -0.25) is 4.99 Å². The van der Waals surface area contributed by atoms with Crippen LogP contribution in [0.1, 0.15) is 18.3 Å². The molecule has 25 heavy (non-hydrogen) atoms. The van der Waals surface area contributed by atoms with Crippen LogP contribution in [-0.2, 0) is 19.5 Å². The first-order chi connectivity index (χ1) is 12.2. The van der Waals surface area contributed by atoms with Gasteiger partial charge in [0.05, 0.1) is 14.2 Å². The van der Waals surface area contributed by atoms with Gasteiger partial charge in [-0.1, -0.05) is 6.92 Å². The van der Waals surface area contributed by atoms with Gasteiger partial charge >= 0.3 is 0 Å². The van der Waals surface area contributed by atoms with E-state index in [2.05, 4.69) is 32.7 Å². The smallest absolute Gasteiger partial charge is 0.191 e. The van der Waals surface area contributed by atoms with Crippen molar-refractivity contribution in [2.75, 3.05) is 27.8 Å². The number of aryl methyl sites for hydroxylation is 1. The van der Waals surface area contributed by atoms with Gasteiger partial charge in [0.15, 0.2) is 5.96 Å². The lowest BCUT2D eigenvalue weighted by molar-refractivity contribution is 0.390. The maximum atomic E-state index is 5.41. The fraction of sp³-hybridized carbons (Fsp3) is 0.471. The molecule has 0 radical (unpaired) electrons. The monoisotopic (exact) mass is 346 g/mol. The Kier molecular flexibility index (Phi) is 7.06. The van der Waals surface area contributed by atoms with E-state index in [1.54, 1.807) is 27.6 Å². The van der Waals surface area contributed by atoms with Crippen molar-refractivity contribution >= 4 is 5.96 Å². The Bertz CT molecular complexity index is 698. The first kappa shape index (κ1) is 18.6. The molecule has 2 aromatic rings. The zero-order valence-electron chi connectivity index (χ0n) is 15.2. The Labute approximate surface area is 148 Å². The van der Waals surface area contributed by atoms with Crippen molar-refractivity contribution in [3.8, 4) is 11.5 Å². The number of nitrogens with one attached hydrogen (secondary N) is 2. The molecule has 0 aliphatic rings. The summed E-state index contributed by atoms with van der Waals surface area (Å²) >= 11 is 0. The molecule has 0 bridgehead atoms. The van der Waals surface area contributed by atoms with Gasteiger partial charge in [-0.25, -0.2) is 0 Å². The van der Waals surface area contributed by atoms with Crippen molar-refractivity contribution in [1.29, 1.82) is 0 Å². The number of methoxy groups -OCH3 is 2. The van der Waals surface area contributed by atoms with E-state index in [9.17, 15) is 0 Å². The molecule has 0 atom stereocenters. The molecular weight excluding hydrogens is 320 g/mol. The Morgan fingerprint density at radius 1 is 1.24 bits per heavy atom. The van der Waals surface area contributed by atoms with E-state index in [1.807, 2.05) is 22.8 Å². The summed E-state index contributed by atoms with van der Waals surface area (Å²) in [7, 11) is 5.03. The van der Waals surface area contributed by atoms with Crippen LogP contribution in [0.25, 0.3) is 0 Å². The lowest BCUT2D eigenvalue weighted by atomic mass is 10.2. The fourth-order valence-corrected chi connectivity index (χ4v) is 2.43. The number of hydrogen-bond donors (Lipinski definition) is 2. The molecule has 0 spiro atoms. The van der Waals surface area contributed by atoms with Crippen LogP contribution in [0.3, 0.4) is 0 Å². The highest BCUT2D eigenvalue weighted by molar-refractivity contribution is 5.79. The molecule has 0 fully saturated rings. The third-order valence-corrected chi connectivity index (χ3v) is 3.82. The van der Waals surface area contributed by atoms with Gasteiger partial charge in [-0.15, -0.1) is 10.2 Å². The SMILES string of the molecule is CCc1nncn1CCNC(=NC)NCc1ccc(OC)cc1OC. The highest BCUT2D eigenvalue weighted by Gasteiger charge is 2.06. The molecule has 0 unspecified atom stereocenters. The maximum absolute atomic E-state index is 5.41. The Hall–Kier alpha value is -2.77. The molecule has 1 aromatic carbocycles. The Morgan fingerprint density at radius 3 is 2.76 bits per heavy atom. The molecule has 2 rings (SSSR count). The van der Waals surface area contributed by atoms with Crippen molar-refractivity contribution in [3.63, 3.8) is 0 Å². The van der Waals surface area contributed by atoms with E-state index in [4.69, 9.17) is 9.47 Å². The molecule has 8 nitrogen and oxygen atoms in total. The zero-order chi connectivity index (χ0) is 18.1. The molecule has 2 N–H and O–H groups in total. The largest absolute Gasteiger partial charge is 0.497 e. The van der Waals surface area contributed by atoms with E-state index in [1.165, 1.54) is 0 Å². The van der Waals surface area contributed by atoms with Gasteiger partial charge in [0.1, 0.15) is 23.7 Å². The van der Waals surface area contributed by atoms with Gasteiger partial charge in [-0.2, -0.15) is 0 Å². The molecular formula is C17H26N6O2. The summed E-state index contributed by atoms with van der Waals surface area (Å²) in [6, 6.07) is 5.75. The summed E-state index contributed by atoms with van der Waals surface area (Å²) in [6.07, 6.45) is 2.61. The summed E-state index contributed by atoms with van der Waals surface area (Å²) in [5.41, 5.74) is 1.03. The summed E-state index contributed by atoms with van der Waals surface area (Å²) in [5.74, 6) is 3.25. The van der Waals surface area contributed by atoms with E-state index in [-0.39, 0.29) is 0 Å². The third-order valence-electron chi connectivity index (χ3n) is 3.82. The zero-order valence-corrected chi connectivity index (χ0v) is 15.2. The average Bonchev–Trinajstić information content (AvgIpc) is 3.11. The number of hydrogen-bond acceptors (Lipinski definition) is 5. The molecule has 0 aliphatic carbocycles. The first-order valence-electron chi connectivity index (χ1n) is 8.23. The quantitative estimate of drug-likeness (QED) is 0.552. The summed E-state index contributed by atoms with van der Waals surface area (Å²) in [5, 5.41) is 14.6. The van der Waals surface area contributed by atoms with Crippen LogP contribution in [0.2, 0.25) is 0 Å². The van der Waals surface area contributed by atoms with Crippen molar-refractivity contribution in [3.05, 3.63) is 35.9 Å². The minimum Gasteiger partial charge on any atom is -0.497 e. The lowest BCUT2D eigenvalue weighted by Crippen LogP contribution is -2.38. The van der Waals surface area contributed by atoms with E-state index < -0.39 is 0 Å². The van der Waals surface area contributed by atoms with Gasteiger partial charge in [-0.05, 0) is 12.1 Å². The number of rotatable bonds is 8. The van der Waals surface area contributed by atoms with Crippen LogP contribution in [0, 0.1) is 0 Å². The molecule has 0 saturated heterocycles. The maximum Gasteiger partial charge on any atom is 0.191 e. The van der Waals surface area contributed by atoms with Crippen LogP contribution in [0.15, 0.2) is 29.5 Å². The van der Waals surface area contributed by atoms with E-state index in [0.29, 0.717) is 6.54 Å². The summed E-state index contributed by atoms with van der Waals surface area (Å²) in [4.78, 5) is 4.24. The van der Waals surface area contributed by atoms with Crippen molar-refractivity contribution < 1.29 is 9.47 Å². The Morgan fingerprint density at radius 2 is 2.08 bits per heavy atom. The second-order valence-electron chi connectivity index (χ2n) is 5.32. The van der Waals surface area contributed by atoms with Gasteiger partial charge in [0.25, 0.3) is 0 Å². The number of ether oxygens (including phenoxy) is 2. The van der Waals surface area contributed by atoms with Crippen LogP contribution in [-0.4, -0.2) is 48.5 Å². The highest BCUT2D eigenvalue weighted by atomic mass is 16.5. The van der Waals surface area contributed by atoms with Crippen molar-refractivity contribution in [2.24, 2.45) is 4.99 Å². The van der Waals surface area contributed by atoms with Gasteiger partial charge < -0.3 is 24.7 Å². The summed E-state index contributed by atoms with van der Waals surface area (Å²) in [6.45, 7) is 4.17. The third kappa shape index (κ3) is 5.10. The van der Waals surface area contributed by atoms with E-state index in [0.717, 1.165) is 48.4 Å². The standard InChI is InChI=1S/C17H26N6O2/c1-5-16-22-21-12-23(16)9-8-19-17(18-2)20-11-13-6-7-14(24-3)10-15(13)25-4/h6-7,10,12H,5,8-9,11H2,1-4H3,(H2,18,19,20). The molecule has 136 valence electrons.